The number of carbonyl (C=O) groups is 1. The number of amides is 1. The predicted molar refractivity (Wildman–Crippen MR) is 77.9 cm³/mol. The minimum Gasteiger partial charge on any atom is -0.384 e. The van der Waals surface area contributed by atoms with Gasteiger partial charge in [-0.05, 0) is 17.7 Å². The Labute approximate surface area is 130 Å². The van der Waals surface area contributed by atoms with Crippen molar-refractivity contribution in [2.24, 2.45) is 5.73 Å². The molecule has 1 saturated heterocycles. The molecule has 2 N–H and O–H groups in total. The van der Waals surface area contributed by atoms with E-state index < -0.39 is 11.7 Å². The van der Waals surface area contributed by atoms with Gasteiger partial charge in [0.05, 0.1) is 40.0 Å². The molecule has 1 unspecified atom stereocenters. The number of nitriles is 2. The first-order valence-electron chi connectivity index (χ1n) is 6.33. The van der Waals surface area contributed by atoms with Gasteiger partial charge in [0.2, 0.25) is 5.91 Å². The average molecular weight is 312 g/mol. The van der Waals surface area contributed by atoms with Crippen LogP contribution in [0.15, 0.2) is 46.3 Å². The fourth-order valence-corrected chi connectivity index (χ4v) is 3.61. The zero-order valence-corrected chi connectivity index (χ0v) is 12.0. The van der Waals surface area contributed by atoms with Gasteiger partial charge in [-0.2, -0.15) is 10.5 Å². The smallest absolute Gasteiger partial charge is 0.243 e. The summed E-state index contributed by atoms with van der Waals surface area (Å²) in [6, 6.07) is 9.61. The van der Waals surface area contributed by atoms with Gasteiger partial charge in [-0.15, -0.1) is 0 Å². The van der Waals surface area contributed by atoms with Gasteiger partial charge < -0.3 is 5.73 Å². The number of allylic oxidation sites excluding steroid dienone is 2. The van der Waals surface area contributed by atoms with Crippen LogP contribution in [0.4, 0.5) is 4.39 Å². The van der Waals surface area contributed by atoms with Crippen LogP contribution in [-0.4, -0.2) is 16.6 Å². The Hall–Kier alpha value is -2.77. The van der Waals surface area contributed by atoms with Crippen molar-refractivity contribution >= 4 is 17.7 Å². The molecule has 0 bridgehead atoms. The number of halogens is 1. The molecule has 0 radical (unpaired) electrons. The van der Waals surface area contributed by atoms with Gasteiger partial charge in [-0.25, -0.2) is 4.39 Å². The van der Waals surface area contributed by atoms with E-state index in [0.29, 0.717) is 10.6 Å². The van der Waals surface area contributed by atoms with Crippen LogP contribution in [0.2, 0.25) is 0 Å². The highest BCUT2D eigenvalue weighted by Crippen LogP contribution is 2.46. The van der Waals surface area contributed by atoms with E-state index in [1.807, 2.05) is 6.07 Å². The quantitative estimate of drug-likeness (QED) is 0.855. The number of thioether (sulfide) groups is 1. The first-order valence-corrected chi connectivity index (χ1v) is 7.32. The SMILES string of the molecule is N#CC1=C(N)N2C(=O)CSC2=C(C#N)C1c1ccc(F)cc1. The lowest BCUT2D eigenvalue weighted by Crippen LogP contribution is -2.35. The molecule has 0 aromatic heterocycles. The minimum atomic E-state index is -0.680. The van der Waals surface area contributed by atoms with Crippen molar-refractivity contribution in [1.29, 1.82) is 10.5 Å². The third kappa shape index (κ3) is 1.95. The first-order chi connectivity index (χ1) is 10.6. The van der Waals surface area contributed by atoms with Gasteiger partial charge in [0.15, 0.2) is 0 Å². The normalized spacial score (nSPS) is 20.8. The summed E-state index contributed by atoms with van der Waals surface area (Å²) < 4.78 is 13.1. The molecule has 2 aliphatic rings. The topological polar surface area (TPSA) is 93.9 Å². The van der Waals surface area contributed by atoms with Crippen LogP contribution in [0.25, 0.3) is 0 Å². The van der Waals surface area contributed by atoms with Gasteiger partial charge in [0, 0.05) is 0 Å². The van der Waals surface area contributed by atoms with Crippen LogP contribution in [0, 0.1) is 28.5 Å². The van der Waals surface area contributed by atoms with E-state index in [1.54, 1.807) is 0 Å². The van der Waals surface area contributed by atoms with Gasteiger partial charge in [-0.3, -0.25) is 9.69 Å². The van der Waals surface area contributed by atoms with Crippen LogP contribution in [-0.2, 0) is 4.79 Å². The summed E-state index contributed by atoms with van der Waals surface area (Å²) in [5.74, 6) is -1.12. The Kier molecular flexibility index (Phi) is 3.36. The van der Waals surface area contributed by atoms with Gasteiger partial charge in [-0.1, -0.05) is 23.9 Å². The molecule has 2 heterocycles. The maximum Gasteiger partial charge on any atom is 0.243 e. The van der Waals surface area contributed by atoms with Gasteiger partial charge >= 0.3 is 0 Å². The van der Waals surface area contributed by atoms with Crippen molar-refractivity contribution in [3.8, 4) is 12.1 Å². The monoisotopic (exact) mass is 312 g/mol. The number of carbonyl (C=O) groups excluding carboxylic acids is 1. The van der Waals surface area contributed by atoms with Crippen LogP contribution < -0.4 is 5.73 Å². The van der Waals surface area contributed by atoms with Crippen LogP contribution in [0.3, 0.4) is 0 Å². The molecule has 7 heteroatoms. The standard InChI is InChI=1S/C15H9FN4OS/c16-9-3-1-8(2-4-9)13-10(5-17)14(19)20-12(21)7-22-15(20)11(13)6-18/h1-4,13H,7,19H2. The summed E-state index contributed by atoms with van der Waals surface area (Å²) in [5.41, 5.74) is 6.97. The lowest BCUT2D eigenvalue weighted by atomic mass is 9.84. The molecule has 1 amide bonds. The maximum absolute atomic E-state index is 13.1. The Morgan fingerprint density at radius 3 is 2.45 bits per heavy atom. The molecule has 1 aromatic carbocycles. The summed E-state index contributed by atoms with van der Waals surface area (Å²) >= 11 is 1.22. The molecule has 1 atom stereocenters. The van der Waals surface area contributed by atoms with E-state index in [1.165, 1.54) is 40.9 Å². The summed E-state index contributed by atoms with van der Waals surface area (Å²) in [6.45, 7) is 0. The van der Waals surface area contributed by atoms with E-state index in [4.69, 9.17) is 5.73 Å². The summed E-state index contributed by atoms with van der Waals surface area (Å²) in [5, 5.41) is 19.4. The number of rotatable bonds is 1. The molecule has 108 valence electrons. The largest absolute Gasteiger partial charge is 0.384 e. The average Bonchev–Trinajstić information content (AvgIpc) is 2.90. The summed E-state index contributed by atoms with van der Waals surface area (Å²) in [6.07, 6.45) is 0. The zero-order chi connectivity index (χ0) is 15.9. The van der Waals surface area contributed by atoms with E-state index in [0.717, 1.165) is 0 Å². The number of benzene rings is 1. The molecule has 2 aliphatic heterocycles. The third-order valence-electron chi connectivity index (χ3n) is 3.55. The van der Waals surface area contributed by atoms with Gasteiger partial charge in [0.1, 0.15) is 11.6 Å². The Balaban J connectivity index is 2.23. The number of hydrogen-bond donors (Lipinski definition) is 1. The molecule has 3 rings (SSSR count). The number of hydrogen-bond acceptors (Lipinski definition) is 5. The van der Waals surface area contributed by atoms with Crippen LogP contribution >= 0.6 is 11.8 Å². The molecule has 0 saturated carbocycles. The fourth-order valence-electron chi connectivity index (χ4n) is 2.57. The van der Waals surface area contributed by atoms with E-state index in [2.05, 4.69) is 6.07 Å². The van der Waals surface area contributed by atoms with Gasteiger partial charge in [0.25, 0.3) is 0 Å². The second-order valence-corrected chi connectivity index (χ2v) is 5.71. The van der Waals surface area contributed by atoms with E-state index >= 15 is 0 Å². The Bertz CT molecular complexity index is 813. The zero-order valence-electron chi connectivity index (χ0n) is 11.2. The molecule has 5 nitrogen and oxygen atoms in total. The summed E-state index contributed by atoms with van der Waals surface area (Å²) in [4.78, 5) is 13.1. The highest BCUT2D eigenvalue weighted by Gasteiger charge is 2.41. The molecular formula is C15H9FN4OS. The number of nitrogens with zero attached hydrogens (tertiary/aromatic N) is 3. The number of fused-ring (bicyclic) bond motifs is 1. The second-order valence-electron chi connectivity index (χ2n) is 4.74. The second kappa shape index (κ2) is 5.21. The first kappa shape index (κ1) is 14.2. The van der Waals surface area contributed by atoms with Crippen molar-refractivity contribution in [2.45, 2.75) is 5.92 Å². The minimum absolute atomic E-state index is 0.0424. The van der Waals surface area contributed by atoms with Crippen molar-refractivity contribution < 1.29 is 9.18 Å². The van der Waals surface area contributed by atoms with Crippen molar-refractivity contribution in [3.05, 3.63) is 57.6 Å². The van der Waals surface area contributed by atoms with E-state index in [-0.39, 0.29) is 28.6 Å². The van der Waals surface area contributed by atoms with E-state index in [9.17, 15) is 19.7 Å². The van der Waals surface area contributed by atoms with Crippen LogP contribution in [0.5, 0.6) is 0 Å². The fraction of sp³-hybridized carbons (Fsp3) is 0.133. The maximum atomic E-state index is 13.1. The predicted octanol–water partition coefficient (Wildman–Crippen LogP) is 1.93. The molecule has 0 aliphatic carbocycles. The molecule has 0 spiro atoms. The highest BCUT2D eigenvalue weighted by molar-refractivity contribution is 8.04. The molecular weight excluding hydrogens is 303 g/mol. The molecule has 1 aromatic rings. The summed E-state index contributed by atoms with van der Waals surface area (Å²) in [7, 11) is 0. The van der Waals surface area contributed by atoms with Crippen LogP contribution in [0.1, 0.15) is 11.5 Å². The lowest BCUT2D eigenvalue weighted by molar-refractivity contribution is -0.124. The molecule has 1 fully saturated rings. The third-order valence-corrected chi connectivity index (χ3v) is 4.62. The Morgan fingerprint density at radius 2 is 1.86 bits per heavy atom. The molecule has 22 heavy (non-hydrogen) atoms. The van der Waals surface area contributed by atoms with Crippen molar-refractivity contribution in [3.63, 3.8) is 0 Å². The lowest BCUT2D eigenvalue weighted by Gasteiger charge is -2.29. The van der Waals surface area contributed by atoms with Crippen molar-refractivity contribution in [1.82, 2.24) is 4.90 Å². The highest BCUT2D eigenvalue weighted by atomic mass is 32.2. The number of nitrogens with two attached hydrogens (primary N) is 1. The Morgan fingerprint density at radius 1 is 1.23 bits per heavy atom. The van der Waals surface area contributed by atoms with Crippen molar-refractivity contribution in [2.75, 3.05) is 5.75 Å².